The lowest BCUT2D eigenvalue weighted by molar-refractivity contribution is -0.147. The van der Waals surface area contributed by atoms with Crippen molar-refractivity contribution in [2.45, 2.75) is 32.1 Å². The third-order valence-electron chi connectivity index (χ3n) is 5.19. The fraction of sp³-hybridized carbons (Fsp3) is 0.269. The average molecular weight is 470 g/mol. The Morgan fingerprint density at radius 1 is 1.06 bits per heavy atom. The molecular formula is C26H28ClNO5. The molecule has 0 spiro atoms. The summed E-state index contributed by atoms with van der Waals surface area (Å²) in [6, 6.07) is 21.1. The van der Waals surface area contributed by atoms with Crippen LogP contribution in [-0.2, 0) is 22.6 Å². The van der Waals surface area contributed by atoms with E-state index in [-0.39, 0.29) is 25.0 Å². The molecule has 174 valence electrons. The highest BCUT2D eigenvalue weighted by Gasteiger charge is 2.16. The van der Waals surface area contributed by atoms with Crippen molar-refractivity contribution in [1.29, 1.82) is 0 Å². The lowest BCUT2D eigenvalue weighted by Crippen LogP contribution is -2.33. The van der Waals surface area contributed by atoms with Crippen molar-refractivity contribution < 1.29 is 24.5 Å². The number of halogens is 1. The molecule has 0 unspecified atom stereocenters. The minimum absolute atomic E-state index is 0.165. The van der Waals surface area contributed by atoms with Crippen molar-refractivity contribution in [3.63, 3.8) is 0 Å². The normalized spacial score (nSPS) is 12.7. The number of nitrogens with one attached hydrogen (secondary N) is 1. The summed E-state index contributed by atoms with van der Waals surface area (Å²) in [6.45, 7) is 2.52. The Labute approximate surface area is 198 Å². The molecule has 0 aliphatic heterocycles. The molecule has 0 amide bonds. The Morgan fingerprint density at radius 2 is 1.79 bits per heavy atom. The molecule has 0 aromatic heterocycles. The summed E-state index contributed by atoms with van der Waals surface area (Å²) in [5.74, 6) is 0.201. The topological polar surface area (TPSA) is 88.0 Å². The van der Waals surface area contributed by atoms with Crippen molar-refractivity contribution >= 4 is 17.6 Å². The second-order valence-corrected chi connectivity index (χ2v) is 8.12. The van der Waals surface area contributed by atoms with Gasteiger partial charge in [0, 0.05) is 11.1 Å². The molecule has 0 radical (unpaired) electrons. The van der Waals surface area contributed by atoms with Gasteiger partial charge >= 0.3 is 5.97 Å². The predicted molar refractivity (Wildman–Crippen MR) is 127 cm³/mol. The van der Waals surface area contributed by atoms with Gasteiger partial charge in [0.05, 0.1) is 6.10 Å². The molecule has 0 bridgehead atoms. The first kappa shape index (κ1) is 24.6. The van der Waals surface area contributed by atoms with Crippen molar-refractivity contribution in [2.24, 2.45) is 0 Å². The molecule has 0 fully saturated rings. The van der Waals surface area contributed by atoms with Crippen LogP contribution < -0.4 is 10.1 Å². The third-order valence-corrected chi connectivity index (χ3v) is 5.54. The number of benzene rings is 3. The van der Waals surface area contributed by atoms with Crippen LogP contribution in [0, 0.1) is 0 Å². The van der Waals surface area contributed by atoms with Crippen LogP contribution in [0.2, 0.25) is 5.02 Å². The summed E-state index contributed by atoms with van der Waals surface area (Å²) in [5, 5.41) is 23.7. The van der Waals surface area contributed by atoms with E-state index in [0.29, 0.717) is 23.7 Å². The van der Waals surface area contributed by atoms with E-state index in [1.807, 2.05) is 43.3 Å². The van der Waals surface area contributed by atoms with Gasteiger partial charge in [-0.1, -0.05) is 60.1 Å². The van der Waals surface area contributed by atoms with E-state index in [1.165, 1.54) is 0 Å². The minimum Gasteiger partial charge on any atom is -0.508 e. The average Bonchev–Trinajstić information content (AvgIpc) is 2.83. The Balaban J connectivity index is 1.41. The Morgan fingerprint density at radius 3 is 2.48 bits per heavy atom. The zero-order valence-corrected chi connectivity index (χ0v) is 19.2. The van der Waals surface area contributed by atoms with Crippen LogP contribution in [0.5, 0.6) is 11.5 Å². The number of carbonyl (C=O) groups excluding carboxylic acids is 1. The number of phenolic OH excluding ortho intramolecular Hbond substituents is 1. The standard InChI is InChI=1S/C26H28ClNO5/c1-18(26(31)21-7-10-22(29)11-8-21)28-14-13-20-9-12-23(15-24(20)27)32-17-25(30)33-16-19-5-3-2-4-6-19/h2-12,15,18,26,28-29,31H,13-14,16-17H2,1H3/t18-,26-/m0/s1. The second kappa shape index (κ2) is 12.3. The molecule has 0 saturated carbocycles. The molecule has 0 heterocycles. The highest BCUT2D eigenvalue weighted by atomic mass is 35.5. The largest absolute Gasteiger partial charge is 0.508 e. The van der Waals surface area contributed by atoms with E-state index in [2.05, 4.69) is 5.32 Å². The molecule has 0 aliphatic carbocycles. The highest BCUT2D eigenvalue weighted by Crippen LogP contribution is 2.24. The number of aliphatic hydroxyl groups excluding tert-OH is 1. The fourth-order valence-corrected chi connectivity index (χ4v) is 3.51. The van der Waals surface area contributed by atoms with Gasteiger partial charge in [-0.15, -0.1) is 0 Å². The molecule has 0 aliphatic rings. The SMILES string of the molecule is C[C@H](NCCc1ccc(OCC(=O)OCc2ccccc2)cc1Cl)[C@H](O)c1ccc(O)cc1. The molecular weight excluding hydrogens is 442 g/mol. The molecule has 3 N–H and O–H groups in total. The van der Waals surface area contributed by atoms with Gasteiger partial charge in [-0.25, -0.2) is 4.79 Å². The number of hydrogen-bond acceptors (Lipinski definition) is 6. The molecule has 33 heavy (non-hydrogen) atoms. The van der Waals surface area contributed by atoms with Crippen LogP contribution >= 0.6 is 11.6 Å². The summed E-state index contributed by atoms with van der Waals surface area (Å²) in [6.07, 6.45) is -0.0382. The number of aliphatic hydroxyl groups is 1. The number of carbonyl (C=O) groups is 1. The zero-order chi connectivity index (χ0) is 23.6. The second-order valence-electron chi connectivity index (χ2n) is 7.72. The number of hydrogen-bond donors (Lipinski definition) is 3. The lowest BCUT2D eigenvalue weighted by Gasteiger charge is -2.21. The molecule has 6 nitrogen and oxygen atoms in total. The zero-order valence-electron chi connectivity index (χ0n) is 18.4. The Bertz CT molecular complexity index is 1030. The molecule has 7 heteroatoms. The van der Waals surface area contributed by atoms with Crippen LogP contribution in [0.4, 0.5) is 0 Å². The van der Waals surface area contributed by atoms with Crippen LogP contribution in [0.3, 0.4) is 0 Å². The van der Waals surface area contributed by atoms with Gasteiger partial charge in [0.1, 0.15) is 18.1 Å². The summed E-state index contributed by atoms with van der Waals surface area (Å²) in [4.78, 5) is 11.9. The van der Waals surface area contributed by atoms with Gasteiger partial charge in [0.15, 0.2) is 6.61 Å². The first-order valence-corrected chi connectivity index (χ1v) is 11.1. The van der Waals surface area contributed by atoms with Gasteiger partial charge in [-0.05, 0) is 60.8 Å². The summed E-state index contributed by atoms with van der Waals surface area (Å²) in [5.41, 5.74) is 2.57. The maximum Gasteiger partial charge on any atom is 0.344 e. The Hall–Kier alpha value is -3.06. The Kier molecular flexibility index (Phi) is 9.13. The van der Waals surface area contributed by atoms with E-state index < -0.39 is 12.1 Å². The molecule has 3 rings (SSSR count). The predicted octanol–water partition coefficient (Wildman–Crippen LogP) is 4.42. The van der Waals surface area contributed by atoms with Crippen molar-refractivity contribution in [3.05, 3.63) is 94.5 Å². The van der Waals surface area contributed by atoms with Gasteiger partial charge in [-0.3, -0.25) is 0 Å². The van der Waals surface area contributed by atoms with E-state index >= 15 is 0 Å². The fourth-order valence-electron chi connectivity index (χ4n) is 3.25. The van der Waals surface area contributed by atoms with Crippen molar-refractivity contribution in [3.8, 4) is 11.5 Å². The number of rotatable bonds is 11. The van der Waals surface area contributed by atoms with Gasteiger partial charge < -0.3 is 25.0 Å². The van der Waals surface area contributed by atoms with Crippen molar-refractivity contribution in [1.82, 2.24) is 5.32 Å². The van der Waals surface area contributed by atoms with Crippen LogP contribution in [0.25, 0.3) is 0 Å². The monoisotopic (exact) mass is 469 g/mol. The van der Waals surface area contributed by atoms with Crippen LogP contribution in [-0.4, -0.2) is 35.4 Å². The first-order valence-electron chi connectivity index (χ1n) is 10.7. The molecule has 3 aromatic rings. The molecule has 3 aromatic carbocycles. The number of ether oxygens (including phenoxy) is 2. The summed E-state index contributed by atoms with van der Waals surface area (Å²) < 4.78 is 10.7. The number of esters is 1. The lowest BCUT2D eigenvalue weighted by atomic mass is 10.0. The smallest absolute Gasteiger partial charge is 0.344 e. The maximum absolute atomic E-state index is 11.9. The van der Waals surface area contributed by atoms with E-state index in [9.17, 15) is 15.0 Å². The van der Waals surface area contributed by atoms with Crippen LogP contribution in [0.1, 0.15) is 29.7 Å². The van der Waals surface area contributed by atoms with E-state index in [1.54, 1.807) is 36.4 Å². The minimum atomic E-state index is -0.696. The quantitative estimate of drug-likeness (QED) is 0.360. The summed E-state index contributed by atoms with van der Waals surface area (Å²) in [7, 11) is 0. The first-order chi connectivity index (χ1) is 15.9. The number of phenols is 1. The van der Waals surface area contributed by atoms with Crippen molar-refractivity contribution in [2.75, 3.05) is 13.2 Å². The molecule has 0 saturated heterocycles. The van der Waals surface area contributed by atoms with Gasteiger partial charge in [-0.2, -0.15) is 0 Å². The third kappa shape index (κ3) is 7.79. The summed E-state index contributed by atoms with van der Waals surface area (Å²) >= 11 is 6.38. The highest BCUT2D eigenvalue weighted by molar-refractivity contribution is 6.31. The number of aromatic hydroxyl groups is 1. The van der Waals surface area contributed by atoms with Crippen LogP contribution in [0.15, 0.2) is 72.8 Å². The van der Waals surface area contributed by atoms with Gasteiger partial charge in [0.25, 0.3) is 0 Å². The van der Waals surface area contributed by atoms with E-state index in [0.717, 1.165) is 16.7 Å². The van der Waals surface area contributed by atoms with E-state index in [4.69, 9.17) is 21.1 Å². The van der Waals surface area contributed by atoms with Gasteiger partial charge in [0.2, 0.25) is 0 Å². The molecule has 2 atom stereocenters. The maximum atomic E-state index is 11.9.